The first kappa shape index (κ1) is 11.2. The zero-order valence-electron chi connectivity index (χ0n) is 8.44. The molecule has 0 aliphatic rings. The molecule has 3 nitrogen and oxygen atoms in total. The summed E-state index contributed by atoms with van der Waals surface area (Å²) in [5.74, 6) is 0. The third-order valence-corrected chi connectivity index (χ3v) is 2.07. The van der Waals surface area contributed by atoms with Gasteiger partial charge in [0.15, 0.2) is 0 Å². The molecule has 0 heterocycles. The Morgan fingerprint density at radius 2 is 2.07 bits per heavy atom. The second kappa shape index (κ2) is 6.54. The van der Waals surface area contributed by atoms with E-state index in [2.05, 4.69) is 5.32 Å². The number of ether oxygens (including phenoxy) is 1. The predicted octanol–water partition coefficient (Wildman–Crippen LogP) is 0.956. The Morgan fingerprint density at radius 1 is 1.36 bits per heavy atom. The fraction of sp³-hybridized carbons (Fsp3) is 0.455. The van der Waals surface area contributed by atoms with Crippen LogP contribution in [0, 0.1) is 0 Å². The molecular formula is C11H17NO2. The average molecular weight is 195 g/mol. The standard InChI is InChI=1S/C11H17NO2/c1-14-11(9-12-7-8-13)10-5-3-2-4-6-10/h2-6,11-13H,7-9H2,1H3/t11-/m1/s1. The van der Waals surface area contributed by atoms with E-state index in [1.807, 2.05) is 30.3 Å². The number of methoxy groups -OCH3 is 1. The molecule has 0 aromatic heterocycles. The number of aliphatic hydroxyl groups excluding tert-OH is 1. The van der Waals surface area contributed by atoms with E-state index in [9.17, 15) is 0 Å². The lowest BCUT2D eigenvalue weighted by molar-refractivity contribution is 0.101. The van der Waals surface area contributed by atoms with Crippen LogP contribution < -0.4 is 5.32 Å². The fourth-order valence-electron chi connectivity index (χ4n) is 1.32. The zero-order chi connectivity index (χ0) is 10.2. The molecule has 0 aliphatic heterocycles. The van der Waals surface area contributed by atoms with Crippen LogP contribution in [-0.4, -0.2) is 31.9 Å². The van der Waals surface area contributed by atoms with Crippen LogP contribution in [0.15, 0.2) is 30.3 Å². The van der Waals surface area contributed by atoms with Crippen molar-refractivity contribution in [2.75, 3.05) is 26.8 Å². The molecule has 1 aromatic carbocycles. The molecule has 0 fully saturated rings. The van der Waals surface area contributed by atoms with E-state index in [0.717, 1.165) is 12.1 Å². The molecule has 3 heteroatoms. The fourth-order valence-corrected chi connectivity index (χ4v) is 1.32. The summed E-state index contributed by atoms with van der Waals surface area (Å²) in [6, 6.07) is 10.0. The van der Waals surface area contributed by atoms with Gasteiger partial charge in [0, 0.05) is 20.2 Å². The summed E-state index contributed by atoms with van der Waals surface area (Å²) in [6.07, 6.45) is 0.0581. The Bertz CT molecular complexity index is 238. The van der Waals surface area contributed by atoms with Crippen LogP contribution in [-0.2, 0) is 4.74 Å². The highest BCUT2D eigenvalue weighted by atomic mass is 16.5. The average Bonchev–Trinajstić information content (AvgIpc) is 2.26. The lowest BCUT2D eigenvalue weighted by atomic mass is 10.1. The summed E-state index contributed by atoms with van der Waals surface area (Å²) >= 11 is 0. The van der Waals surface area contributed by atoms with Crippen molar-refractivity contribution >= 4 is 0 Å². The van der Waals surface area contributed by atoms with Gasteiger partial charge in [-0.1, -0.05) is 30.3 Å². The van der Waals surface area contributed by atoms with Crippen LogP contribution in [0.4, 0.5) is 0 Å². The van der Waals surface area contributed by atoms with Crippen LogP contribution in [0.2, 0.25) is 0 Å². The van der Waals surface area contributed by atoms with Gasteiger partial charge in [-0.05, 0) is 5.56 Å². The lowest BCUT2D eigenvalue weighted by Gasteiger charge is -2.15. The second-order valence-electron chi connectivity index (χ2n) is 3.06. The van der Waals surface area contributed by atoms with Crippen LogP contribution in [0.3, 0.4) is 0 Å². The SMILES string of the molecule is CO[C@H](CNCCO)c1ccccc1. The number of rotatable bonds is 6. The summed E-state index contributed by atoms with van der Waals surface area (Å²) in [6.45, 7) is 1.49. The van der Waals surface area contributed by atoms with Crippen molar-refractivity contribution in [3.63, 3.8) is 0 Å². The number of hydrogen-bond donors (Lipinski definition) is 2. The number of aliphatic hydroxyl groups is 1. The molecule has 0 saturated heterocycles. The molecule has 0 aliphatic carbocycles. The summed E-state index contributed by atoms with van der Waals surface area (Å²) < 4.78 is 5.34. The molecule has 78 valence electrons. The Balaban J connectivity index is 2.46. The van der Waals surface area contributed by atoms with Crippen molar-refractivity contribution in [3.8, 4) is 0 Å². The molecule has 0 amide bonds. The normalized spacial score (nSPS) is 12.7. The molecular weight excluding hydrogens is 178 g/mol. The molecule has 1 aromatic rings. The van der Waals surface area contributed by atoms with Crippen LogP contribution in [0.25, 0.3) is 0 Å². The maximum atomic E-state index is 8.62. The molecule has 0 bridgehead atoms. The van der Waals surface area contributed by atoms with E-state index >= 15 is 0 Å². The van der Waals surface area contributed by atoms with E-state index in [1.54, 1.807) is 7.11 Å². The second-order valence-corrected chi connectivity index (χ2v) is 3.06. The third-order valence-electron chi connectivity index (χ3n) is 2.07. The summed E-state index contributed by atoms with van der Waals surface area (Å²) in [5, 5.41) is 11.7. The van der Waals surface area contributed by atoms with E-state index in [4.69, 9.17) is 9.84 Å². The molecule has 14 heavy (non-hydrogen) atoms. The summed E-state index contributed by atoms with van der Waals surface area (Å²) in [7, 11) is 1.69. The van der Waals surface area contributed by atoms with Gasteiger partial charge < -0.3 is 15.2 Å². The summed E-state index contributed by atoms with van der Waals surface area (Å²) in [4.78, 5) is 0. The van der Waals surface area contributed by atoms with Crippen molar-refractivity contribution in [1.29, 1.82) is 0 Å². The number of benzene rings is 1. The van der Waals surface area contributed by atoms with Crippen molar-refractivity contribution in [3.05, 3.63) is 35.9 Å². The van der Waals surface area contributed by atoms with Crippen molar-refractivity contribution in [2.24, 2.45) is 0 Å². The van der Waals surface area contributed by atoms with Gasteiger partial charge >= 0.3 is 0 Å². The third kappa shape index (κ3) is 3.46. The molecule has 0 spiro atoms. The van der Waals surface area contributed by atoms with Gasteiger partial charge in [-0.25, -0.2) is 0 Å². The minimum Gasteiger partial charge on any atom is -0.395 e. The molecule has 0 saturated carbocycles. The highest BCUT2D eigenvalue weighted by molar-refractivity contribution is 5.17. The van der Waals surface area contributed by atoms with Gasteiger partial charge in [-0.15, -0.1) is 0 Å². The molecule has 0 radical (unpaired) electrons. The Morgan fingerprint density at radius 3 is 2.64 bits per heavy atom. The predicted molar refractivity (Wildman–Crippen MR) is 56.1 cm³/mol. The Kier molecular flexibility index (Phi) is 5.22. The number of nitrogens with one attached hydrogen (secondary N) is 1. The number of hydrogen-bond acceptors (Lipinski definition) is 3. The minimum atomic E-state index is 0.0581. The first-order valence-electron chi connectivity index (χ1n) is 4.77. The van der Waals surface area contributed by atoms with Gasteiger partial charge in [0.2, 0.25) is 0 Å². The maximum Gasteiger partial charge on any atom is 0.0945 e. The van der Waals surface area contributed by atoms with E-state index in [-0.39, 0.29) is 12.7 Å². The van der Waals surface area contributed by atoms with E-state index in [0.29, 0.717) is 6.54 Å². The first-order chi connectivity index (χ1) is 6.88. The van der Waals surface area contributed by atoms with Gasteiger partial charge in [0.05, 0.1) is 12.7 Å². The molecule has 0 unspecified atom stereocenters. The van der Waals surface area contributed by atoms with E-state index in [1.165, 1.54) is 0 Å². The van der Waals surface area contributed by atoms with Gasteiger partial charge in [-0.3, -0.25) is 0 Å². The Hall–Kier alpha value is -0.900. The van der Waals surface area contributed by atoms with Gasteiger partial charge in [-0.2, -0.15) is 0 Å². The van der Waals surface area contributed by atoms with Crippen LogP contribution in [0.1, 0.15) is 11.7 Å². The van der Waals surface area contributed by atoms with Crippen molar-refractivity contribution < 1.29 is 9.84 Å². The molecule has 1 rings (SSSR count). The topological polar surface area (TPSA) is 41.5 Å². The first-order valence-corrected chi connectivity index (χ1v) is 4.77. The summed E-state index contributed by atoms with van der Waals surface area (Å²) in [5.41, 5.74) is 1.15. The van der Waals surface area contributed by atoms with E-state index < -0.39 is 0 Å². The van der Waals surface area contributed by atoms with Crippen LogP contribution in [0.5, 0.6) is 0 Å². The monoisotopic (exact) mass is 195 g/mol. The largest absolute Gasteiger partial charge is 0.395 e. The van der Waals surface area contributed by atoms with Gasteiger partial charge in [0.25, 0.3) is 0 Å². The highest BCUT2D eigenvalue weighted by Crippen LogP contribution is 2.14. The van der Waals surface area contributed by atoms with Crippen LogP contribution >= 0.6 is 0 Å². The molecule has 2 N–H and O–H groups in total. The zero-order valence-corrected chi connectivity index (χ0v) is 8.44. The lowest BCUT2D eigenvalue weighted by Crippen LogP contribution is -2.25. The smallest absolute Gasteiger partial charge is 0.0945 e. The van der Waals surface area contributed by atoms with Crippen molar-refractivity contribution in [2.45, 2.75) is 6.10 Å². The minimum absolute atomic E-state index is 0.0581. The quantitative estimate of drug-likeness (QED) is 0.664. The maximum absolute atomic E-state index is 8.62. The van der Waals surface area contributed by atoms with Gasteiger partial charge in [0.1, 0.15) is 0 Å². The highest BCUT2D eigenvalue weighted by Gasteiger charge is 2.08. The molecule has 1 atom stereocenters. The van der Waals surface area contributed by atoms with Crippen molar-refractivity contribution in [1.82, 2.24) is 5.32 Å². The Labute approximate surface area is 84.7 Å².